The van der Waals surface area contributed by atoms with Gasteiger partial charge >= 0.3 is 0 Å². The van der Waals surface area contributed by atoms with Gasteiger partial charge in [0.1, 0.15) is 0 Å². The fourth-order valence-corrected chi connectivity index (χ4v) is 2.37. The lowest BCUT2D eigenvalue weighted by molar-refractivity contribution is -0.0384. The Kier molecular flexibility index (Phi) is 4.22. The van der Waals surface area contributed by atoms with Gasteiger partial charge in [-0.05, 0) is 37.1 Å². The van der Waals surface area contributed by atoms with E-state index in [1.54, 1.807) is 0 Å². The van der Waals surface area contributed by atoms with Crippen molar-refractivity contribution in [2.75, 3.05) is 26.8 Å². The number of likely N-dealkylation sites (N-methyl/N-ethyl adjacent to an activating group) is 1. The molecule has 1 aromatic carbocycles. The summed E-state index contributed by atoms with van der Waals surface area (Å²) < 4.78 is 5.23. The molecular formula is C13H18ClNO. The molecule has 1 N–H and O–H groups in total. The Morgan fingerprint density at radius 3 is 2.88 bits per heavy atom. The minimum Gasteiger partial charge on any atom is -0.381 e. The van der Waals surface area contributed by atoms with Gasteiger partial charge in [-0.3, -0.25) is 0 Å². The monoisotopic (exact) mass is 239 g/mol. The van der Waals surface area contributed by atoms with Gasteiger partial charge < -0.3 is 10.1 Å². The number of nitrogens with one attached hydrogen (secondary N) is 1. The zero-order chi connectivity index (χ0) is 11.4. The van der Waals surface area contributed by atoms with Crippen LogP contribution in [0, 0.1) is 5.92 Å². The van der Waals surface area contributed by atoms with Gasteiger partial charge in [-0.25, -0.2) is 0 Å². The van der Waals surface area contributed by atoms with Gasteiger partial charge in [0.05, 0.1) is 13.2 Å². The van der Waals surface area contributed by atoms with Crippen LogP contribution < -0.4 is 5.32 Å². The molecule has 2 nitrogen and oxygen atoms in total. The van der Waals surface area contributed by atoms with Crippen molar-refractivity contribution in [1.82, 2.24) is 5.32 Å². The maximum atomic E-state index is 6.03. The van der Waals surface area contributed by atoms with E-state index in [2.05, 4.69) is 17.4 Å². The van der Waals surface area contributed by atoms with Gasteiger partial charge in [-0.15, -0.1) is 0 Å². The summed E-state index contributed by atoms with van der Waals surface area (Å²) in [6, 6.07) is 8.18. The number of benzene rings is 1. The number of halogens is 1. The van der Waals surface area contributed by atoms with Crippen LogP contribution in [-0.4, -0.2) is 26.8 Å². The standard InChI is InChI=1S/C13H18ClNO/c1-15-7-12(5-10-8-16-9-10)11-3-2-4-13(14)6-11/h2-4,6,10,12,15H,5,7-9H2,1H3. The zero-order valence-corrected chi connectivity index (χ0v) is 10.3. The van der Waals surface area contributed by atoms with Crippen LogP contribution in [0.3, 0.4) is 0 Å². The summed E-state index contributed by atoms with van der Waals surface area (Å²) in [5, 5.41) is 4.08. The van der Waals surface area contributed by atoms with Gasteiger partial charge in [0.25, 0.3) is 0 Å². The molecule has 1 unspecified atom stereocenters. The summed E-state index contributed by atoms with van der Waals surface area (Å²) in [4.78, 5) is 0. The van der Waals surface area contributed by atoms with Crippen molar-refractivity contribution in [3.8, 4) is 0 Å². The highest BCUT2D eigenvalue weighted by Crippen LogP contribution is 2.28. The van der Waals surface area contributed by atoms with E-state index < -0.39 is 0 Å². The fourth-order valence-electron chi connectivity index (χ4n) is 2.17. The third-order valence-corrected chi connectivity index (χ3v) is 3.33. The first kappa shape index (κ1) is 11.9. The Bertz CT molecular complexity index is 338. The smallest absolute Gasteiger partial charge is 0.0516 e. The molecule has 1 heterocycles. The maximum absolute atomic E-state index is 6.03. The highest BCUT2D eigenvalue weighted by molar-refractivity contribution is 6.30. The Balaban J connectivity index is 2.04. The molecule has 88 valence electrons. The molecule has 0 amide bonds. The molecular weight excluding hydrogens is 222 g/mol. The van der Waals surface area contributed by atoms with Crippen LogP contribution in [0.25, 0.3) is 0 Å². The molecule has 0 saturated carbocycles. The second-order valence-corrected chi connectivity index (χ2v) is 4.89. The first-order chi connectivity index (χ1) is 7.79. The predicted molar refractivity (Wildman–Crippen MR) is 67.0 cm³/mol. The van der Waals surface area contributed by atoms with Crippen molar-refractivity contribution in [2.45, 2.75) is 12.3 Å². The summed E-state index contributed by atoms with van der Waals surface area (Å²) in [5.41, 5.74) is 1.33. The van der Waals surface area contributed by atoms with E-state index >= 15 is 0 Å². The number of hydrogen-bond acceptors (Lipinski definition) is 2. The summed E-state index contributed by atoms with van der Waals surface area (Å²) in [5.74, 6) is 1.26. The molecule has 16 heavy (non-hydrogen) atoms. The quantitative estimate of drug-likeness (QED) is 0.853. The second-order valence-electron chi connectivity index (χ2n) is 4.45. The average molecular weight is 240 g/mol. The number of rotatable bonds is 5. The van der Waals surface area contributed by atoms with Crippen molar-refractivity contribution < 1.29 is 4.74 Å². The average Bonchev–Trinajstić information content (AvgIpc) is 2.21. The van der Waals surface area contributed by atoms with Crippen molar-refractivity contribution in [1.29, 1.82) is 0 Å². The molecule has 0 radical (unpaired) electrons. The second kappa shape index (κ2) is 5.67. The molecule has 0 aromatic heterocycles. The van der Waals surface area contributed by atoms with E-state index in [9.17, 15) is 0 Å². The van der Waals surface area contributed by atoms with Gasteiger partial charge in [-0.1, -0.05) is 23.7 Å². The normalized spacial score (nSPS) is 18.1. The minimum absolute atomic E-state index is 0.539. The summed E-state index contributed by atoms with van der Waals surface area (Å²) in [7, 11) is 1.99. The molecule has 1 aromatic rings. The SMILES string of the molecule is CNCC(CC1COC1)c1cccc(Cl)c1. The highest BCUT2D eigenvalue weighted by atomic mass is 35.5. The maximum Gasteiger partial charge on any atom is 0.0516 e. The van der Waals surface area contributed by atoms with Gasteiger partial charge in [0.15, 0.2) is 0 Å². The van der Waals surface area contributed by atoms with Gasteiger partial charge in [-0.2, -0.15) is 0 Å². The van der Waals surface area contributed by atoms with Crippen molar-refractivity contribution in [3.05, 3.63) is 34.9 Å². The molecule has 1 aliphatic heterocycles. The fraction of sp³-hybridized carbons (Fsp3) is 0.538. The van der Waals surface area contributed by atoms with Crippen LogP contribution in [-0.2, 0) is 4.74 Å². The van der Waals surface area contributed by atoms with Gasteiger partial charge in [0, 0.05) is 17.5 Å². The number of hydrogen-bond donors (Lipinski definition) is 1. The third kappa shape index (κ3) is 2.97. The molecule has 0 aliphatic carbocycles. The van der Waals surface area contributed by atoms with E-state index in [1.165, 1.54) is 12.0 Å². The van der Waals surface area contributed by atoms with E-state index in [0.29, 0.717) is 5.92 Å². The van der Waals surface area contributed by atoms with Crippen LogP contribution in [0.1, 0.15) is 17.9 Å². The highest BCUT2D eigenvalue weighted by Gasteiger charge is 2.23. The van der Waals surface area contributed by atoms with E-state index in [-0.39, 0.29) is 0 Å². The summed E-state index contributed by atoms with van der Waals surface area (Å²) in [6.07, 6.45) is 1.18. The molecule has 1 saturated heterocycles. The van der Waals surface area contributed by atoms with Crippen molar-refractivity contribution in [3.63, 3.8) is 0 Å². The molecule has 3 heteroatoms. The molecule has 2 rings (SSSR count). The van der Waals surface area contributed by atoms with Crippen LogP contribution >= 0.6 is 11.6 Å². The molecule has 0 bridgehead atoms. The molecule has 1 atom stereocenters. The van der Waals surface area contributed by atoms with E-state index in [4.69, 9.17) is 16.3 Å². The Morgan fingerprint density at radius 2 is 2.31 bits per heavy atom. The largest absolute Gasteiger partial charge is 0.381 e. The van der Waals surface area contributed by atoms with Gasteiger partial charge in [0.2, 0.25) is 0 Å². The lowest BCUT2D eigenvalue weighted by Gasteiger charge is -2.30. The molecule has 1 fully saturated rings. The molecule has 0 spiro atoms. The lowest BCUT2D eigenvalue weighted by Crippen LogP contribution is -2.31. The first-order valence-electron chi connectivity index (χ1n) is 5.77. The van der Waals surface area contributed by atoms with E-state index in [1.807, 2.05) is 19.2 Å². The van der Waals surface area contributed by atoms with E-state index in [0.717, 1.165) is 30.7 Å². The third-order valence-electron chi connectivity index (χ3n) is 3.10. The minimum atomic E-state index is 0.539. The summed E-state index contributed by atoms with van der Waals surface area (Å²) >= 11 is 6.03. The zero-order valence-electron chi connectivity index (χ0n) is 9.58. The number of ether oxygens (including phenoxy) is 1. The topological polar surface area (TPSA) is 21.3 Å². The van der Waals surface area contributed by atoms with Crippen molar-refractivity contribution in [2.24, 2.45) is 5.92 Å². The Hall–Kier alpha value is -0.570. The van der Waals surface area contributed by atoms with Crippen molar-refractivity contribution >= 4 is 11.6 Å². The lowest BCUT2D eigenvalue weighted by atomic mass is 9.88. The first-order valence-corrected chi connectivity index (χ1v) is 6.15. The van der Waals surface area contributed by atoms with Crippen LogP contribution in [0.4, 0.5) is 0 Å². The van der Waals surface area contributed by atoms with Crippen LogP contribution in [0.5, 0.6) is 0 Å². The van der Waals surface area contributed by atoms with Crippen LogP contribution in [0.2, 0.25) is 5.02 Å². The summed E-state index contributed by atoms with van der Waals surface area (Å²) in [6.45, 7) is 2.83. The predicted octanol–water partition coefficient (Wildman–Crippen LogP) is 2.68. The Morgan fingerprint density at radius 1 is 1.50 bits per heavy atom. The molecule has 1 aliphatic rings. The Labute approximate surface area is 102 Å². The van der Waals surface area contributed by atoms with Crippen LogP contribution in [0.15, 0.2) is 24.3 Å².